The molecule has 0 saturated carbocycles. The molecule has 2 aromatic heterocycles. The van der Waals surface area contributed by atoms with Gasteiger partial charge in [0.05, 0.1) is 5.69 Å². The molecule has 4 nitrogen and oxygen atoms in total. The molecule has 0 aliphatic heterocycles. The van der Waals surface area contributed by atoms with Crippen LogP contribution in [-0.2, 0) is 7.05 Å². The summed E-state index contributed by atoms with van der Waals surface area (Å²) in [5.41, 5.74) is 12.1. The molecule has 0 saturated heterocycles. The Morgan fingerprint density at radius 2 is 1.71 bits per heavy atom. The van der Waals surface area contributed by atoms with Gasteiger partial charge < -0.3 is 5.73 Å². The van der Waals surface area contributed by atoms with Crippen molar-refractivity contribution in [2.24, 2.45) is 7.05 Å². The van der Waals surface area contributed by atoms with Gasteiger partial charge in [0.25, 0.3) is 0 Å². The van der Waals surface area contributed by atoms with Crippen molar-refractivity contribution < 1.29 is 0 Å². The molecule has 17 heavy (non-hydrogen) atoms. The zero-order chi connectivity index (χ0) is 12.7. The molecule has 0 bridgehead atoms. The maximum Gasteiger partial charge on any atom is 0.124 e. The Hall–Kier alpha value is -1.84. The van der Waals surface area contributed by atoms with Gasteiger partial charge in [-0.3, -0.25) is 9.67 Å². The van der Waals surface area contributed by atoms with Crippen LogP contribution in [0.25, 0.3) is 11.4 Å². The predicted octanol–water partition coefficient (Wildman–Crippen LogP) is 2.30. The van der Waals surface area contributed by atoms with Gasteiger partial charge in [-0.1, -0.05) is 6.07 Å². The molecule has 0 amide bonds. The average Bonchev–Trinajstić information content (AvgIpc) is 2.51. The van der Waals surface area contributed by atoms with Crippen LogP contribution in [0.5, 0.6) is 0 Å². The van der Waals surface area contributed by atoms with Crippen LogP contribution in [0.3, 0.4) is 0 Å². The summed E-state index contributed by atoms with van der Waals surface area (Å²) in [5.74, 6) is 0.694. The molecule has 0 radical (unpaired) electrons. The van der Waals surface area contributed by atoms with E-state index in [4.69, 9.17) is 5.73 Å². The lowest BCUT2D eigenvalue weighted by Crippen LogP contribution is -1.98. The SMILES string of the molecule is Cc1cc(C)c(-c2nn(C)c(N)c2C)nc1C. The first-order valence-electron chi connectivity index (χ1n) is 5.66. The van der Waals surface area contributed by atoms with Crippen molar-refractivity contribution in [3.05, 3.63) is 28.5 Å². The molecule has 2 heterocycles. The summed E-state index contributed by atoms with van der Waals surface area (Å²) in [6, 6.07) is 2.14. The van der Waals surface area contributed by atoms with Crippen molar-refractivity contribution in [3.63, 3.8) is 0 Å². The first-order valence-corrected chi connectivity index (χ1v) is 5.66. The number of anilines is 1. The van der Waals surface area contributed by atoms with E-state index in [9.17, 15) is 0 Å². The number of nitrogens with two attached hydrogens (primary N) is 1. The molecule has 4 heteroatoms. The second kappa shape index (κ2) is 3.87. The smallest absolute Gasteiger partial charge is 0.124 e. The molecule has 0 fully saturated rings. The van der Waals surface area contributed by atoms with Gasteiger partial charge in [0, 0.05) is 18.3 Å². The average molecular weight is 230 g/mol. The molecule has 2 rings (SSSR count). The minimum absolute atomic E-state index is 0.694. The third kappa shape index (κ3) is 1.79. The summed E-state index contributed by atoms with van der Waals surface area (Å²) in [7, 11) is 1.85. The quantitative estimate of drug-likeness (QED) is 0.817. The van der Waals surface area contributed by atoms with Gasteiger partial charge in [-0.25, -0.2) is 0 Å². The molecule has 90 valence electrons. The number of rotatable bonds is 1. The third-order valence-electron chi connectivity index (χ3n) is 3.22. The van der Waals surface area contributed by atoms with Crippen molar-refractivity contribution in [1.29, 1.82) is 0 Å². The summed E-state index contributed by atoms with van der Waals surface area (Å²) < 4.78 is 1.70. The number of aromatic nitrogens is 3. The highest BCUT2D eigenvalue weighted by Crippen LogP contribution is 2.27. The highest BCUT2D eigenvalue weighted by molar-refractivity contribution is 5.67. The zero-order valence-corrected chi connectivity index (χ0v) is 11.0. The summed E-state index contributed by atoms with van der Waals surface area (Å²) in [6.45, 7) is 8.12. The second-order valence-corrected chi connectivity index (χ2v) is 4.54. The normalized spacial score (nSPS) is 10.9. The number of hydrogen-bond acceptors (Lipinski definition) is 3. The Morgan fingerprint density at radius 3 is 2.24 bits per heavy atom. The number of aryl methyl sites for hydroxylation is 4. The lowest BCUT2D eigenvalue weighted by molar-refractivity contribution is 0.780. The van der Waals surface area contributed by atoms with Crippen LogP contribution in [0.1, 0.15) is 22.4 Å². The van der Waals surface area contributed by atoms with Crippen LogP contribution in [-0.4, -0.2) is 14.8 Å². The predicted molar refractivity (Wildman–Crippen MR) is 69.8 cm³/mol. The molecule has 0 aliphatic rings. The largest absolute Gasteiger partial charge is 0.384 e. The zero-order valence-electron chi connectivity index (χ0n) is 11.0. The Morgan fingerprint density at radius 1 is 1.06 bits per heavy atom. The number of pyridine rings is 1. The van der Waals surface area contributed by atoms with E-state index >= 15 is 0 Å². The van der Waals surface area contributed by atoms with E-state index in [1.54, 1.807) is 4.68 Å². The standard InChI is InChI=1S/C13H18N4/c1-7-6-8(2)11(15-10(7)4)12-9(3)13(14)17(5)16-12/h6H,14H2,1-5H3. The van der Waals surface area contributed by atoms with Gasteiger partial charge in [0.15, 0.2) is 0 Å². The number of nitrogens with zero attached hydrogens (tertiary/aromatic N) is 3. The fourth-order valence-corrected chi connectivity index (χ4v) is 1.95. The van der Waals surface area contributed by atoms with Gasteiger partial charge in [-0.2, -0.15) is 5.10 Å². The maximum absolute atomic E-state index is 5.93. The van der Waals surface area contributed by atoms with Crippen molar-refractivity contribution >= 4 is 5.82 Å². The third-order valence-corrected chi connectivity index (χ3v) is 3.22. The Kier molecular flexibility index (Phi) is 2.65. The van der Waals surface area contributed by atoms with Crippen LogP contribution in [0.4, 0.5) is 5.82 Å². The number of hydrogen-bond donors (Lipinski definition) is 1. The van der Waals surface area contributed by atoms with Crippen molar-refractivity contribution in [2.45, 2.75) is 27.7 Å². The van der Waals surface area contributed by atoms with E-state index in [0.29, 0.717) is 5.82 Å². The first kappa shape index (κ1) is 11.6. The Bertz CT molecular complexity index is 582. The lowest BCUT2D eigenvalue weighted by Gasteiger charge is -2.07. The summed E-state index contributed by atoms with van der Waals surface area (Å²) in [6.07, 6.45) is 0. The Balaban J connectivity index is 2.68. The van der Waals surface area contributed by atoms with Gasteiger partial charge in [-0.15, -0.1) is 0 Å². The highest BCUT2D eigenvalue weighted by atomic mass is 15.3. The van der Waals surface area contributed by atoms with Crippen LogP contribution >= 0.6 is 0 Å². The van der Waals surface area contributed by atoms with Crippen molar-refractivity contribution in [2.75, 3.05) is 5.73 Å². The van der Waals surface area contributed by atoms with E-state index < -0.39 is 0 Å². The van der Waals surface area contributed by atoms with Crippen molar-refractivity contribution in [1.82, 2.24) is 14.8 Å². The minimum Gasteiger partial charge on any atom is -0.384 e. The summed E-state index contributed by atoms with van der Waals surface area (Å²) >= 11 is 0. The molecule has 0 aromatic carbocycles. The topological polar surface area (TPSA) is 56.7 Å². The monoisotopic (exact) mass is 230 g/mol. The summed E-state index contributed by atoms with van der Waals surface area (Å²) in [4.78, 5) is 4.63. The van der Waals surface area contributed by atoms with E-state index in [1.807, 2.05) is 20.9 Å². The van der Waals surface area contributed by atoms with Crippen LogP contribution in [0.15, 0.2) is 6.07 Å². The molecular weight excluding hydrogens is 212 g/mol. The Labute approximate surface area is 101 Å². The van der Waals surface area contributed by atoms with Crippen LogP contribution in [0.2, 0.25) is 0 Å². The fourth-order valence-electron chi connectivity index (χ4n) is 1.95. The van der Waals surface area contributed by atoms with E-state index in [2.05, 4.69) is 30.0 Å². The summed E-state index contributed by atoms with van der Waals surface area (Å²) in [5, 5.41) is 4.44. The van der Waals surface area contributed by atoms with Gasteiger partial charge in [-0.05, 0) is 38.8 Å². The minimum atomic E-state index is 0.694. The molecule has 2 aromatic rings. The lowest BCUT2D eigenvalue weighted by atomic mass is 10.1. The molecule has 0 atom stereocenters. The van der Waals surface area contributed by atoms with E-state index in [0.717, 1.165) is 28.2 Å². The second-order valence-electron chi connectivity index (χ2n) is 4.54. The van der Waals surface area contributed by atoms with Crippen molar-refractivity contribution in [3.8, 4) is 11.4 Å². The van der Waals surface area contributed by atoms with Crippen LogP contribution < -0.4 is 5.73 Å². The fraction of sp³-hybridized carbons (Fsp3) is 0.385. The van der Waals surface area contributed by atoms with Gasteiger partial charge in [0.1, 0.15) is 11.5 Å². The highest BCUT2D eigenvalue weighted by Gasteiger charge is 2.15. The van der Waals surface area contributed by atoms with E-state index in [1.165, 1.54) is 5.56 Å². The molecular formula is C13H18N4. The molecule has 2 N–H and O–H groups in total. The van der Waals surface area contributed by atoms with E-state index in [-0.39, 0.29) is 0 Å². The molecule has 0 aliphatic carbocycles. The number of nitrogen functional groups attached to an aromatic ring is 1. The molecule has 0 unspecified atom stereocenters. The molecule has 0 spiro atoms. The maximum atomic E-state index is 5.93. The van der Waals surface area contributed by atoms with Gasteiger partial charge in [0.2, 0.25) is 0 Å². The van der Waals surface area contributed by atoms with Crippen LogP contribution in [0, 0.1) is 27.7 Å². The van der Waals surface area contributed by atoms with Gasteiger partial charge >= 0.3 is 0 Å². The first-order chi connectivity index (χ1) is 7.91.